The maximum absolute atomic E-state index is 13.9. The largest absolute Gasteiger partial charge is 0.310 e. The van der Waals surface area contributed by atoms with E-state index in [4.69, 9.17) is 0 Å². The minimum Gasteiger partial charge on any atom is -0.310 e. The van der Waals surface area contributed by atoms with Crippen molar-refractivity contribution in [1.29, 1.82) is 0 Å². The lowest BCUT2D eigenvalue weighted by Crippen LogP contribution is -2.22. The van der Waals surface area contributed by atoms with Crippen molar-refractivity contribution in [3.05, 3.63) is 29.6 Å². The van der Waals surface area contributed by atoms with Crippen molar-refractivity contribution in [1.82, 2.24) is 5.32 Å². The molecule has 102 valence electrons. The van der Waals surface area contributed by atoms with E-state index < -0.39 is 0 Å². The van der Waals surface area contributed by atoms with E-state index in [1.165, 1.54) is 0 Å². The Balaban J connectivity index is 2.86. The Morgan fingerprint density at radius 2 is 1.83 bits per heavy atom. The molecular formula is C15H24FNS. The molecule has 0 aliphatic rings. The standard InChI is InChI=1S/C15H24FNS/c1-10(2)12(5)18-15-13(9-17-11(3)4)7-6-8-14(15)16/h6-8,10-12,17H,9H2,1-5H3. The van der Waals surface area contributed by atoms with Crippen LogP contribution in [0.3, 0.4) is 0 Å². The Hall–Kier alpha value is -0.540. The van der Waals surface area contributed by atoms with E-state index in [-0.39, 0.29) is 5.82 Å². The molecule has 1 nitrogen and oxygen atoms in total. The Morgan fingerprint density at radius 3 is 2.39 bits per heavy atom. The van der Waals surface area contributed by atoms with Crippen molar-refractivity contribution in [2.45, 2.75) is 57.4 Å². The van der Waals surface area contributed by atoms with Crippen molar-refractivity contribution < 1.29 is 4.39 Å². The van der Waals surface area contributed by atoms with E-state index in [0.29, 0.717) is 17.2 Å². The molecule has 0 aliphatic carbocycles. The highest BCUT2D eigenvalue weighted by Crippen LogP contribution is 2.32. The molecule has 0 saturated carbocycles. The fourth-order valence-corrected chi connectivity index (χ4v) is 2.58. The molecule has 0 fully saturated rings. The highest BCUT2D eigenvalue weighted by atomic mass is 32.2. The maximum atomic E-state index is 13.9. The second-order valence-corrected chi connectivity index (χ2v) is 6.72. The molecule has 0 saturated heterocycles. The molecule has 1 unspecified atom stereocenters. The normalized spacial score (nSPS) is 13.3. The lowest BCUT2D eigenvalue weighted by Gasteiger charge is -2.18. The van der Waals surface area contributed by atoms with Crippen LogP contribution in [0.1, 0.15) is 40.2 Å². The number of halogens is 1. The molecule has 1 N–H and O–H groups in total. The summed E-state index contributed by atoms with van der Waals surface area (Å²) in [5.41, 5.74) is 1.06. The average Bonchev–Trinajstić information content (AvgIpc) is 2.29. The number of benzene rings is 1. The summed E-state index contributed by atoms with van der Waals surface area (Å²) in [7, 11) is 0. The zero-order valence-corrected chi connectivity index (χ0v) is 12.8. The molecule has 1 aromatic carbocycles. The zero-order chi connectivity index (χ0) is 13.7. The van der Waals surface area contributed by atoms with Crippen molar-refractivity contribution in [2.75, 3.05) is 0 Å². The first-order chi connectivity index (χ1) is 8.41. The van der Waals surface area contributed by atoms with Crippen LogP contribution in [0, 0.1) is 11.7 Å². The minimum absolute atomic E-state index is 0.101. The number of hydrogen-bond acceptors (Lipinski definition) is 2. The van der Waals surface area contributed by atoms with Crippen LogP contribution in [0.5, 0.6) is 0 Å². The number of nitrogens with one attached hydrogen (secondary N) is 1. The van der Waals surface area contributed by atoms with E-state index in [9.17, 15) is 4.39 Å². The van der Waals surface area contributed by atoms with Gasteiger partial charge < -0.3 is 5.32 Å². The first-order valence-corrected chi connectivity index (χ1v) is 7.47. The smallest absolute Gasteiger partial charge is 0.137 e. The summed E-state index contributed by atoms with van der Waals surface area (Å²) in [5, 5.41) is 3.77. The Bertz CT molecular complexity index is 377. The molecular weight excluding hydrogens is 245 g/mol. The lowest BCUT2D eigenvalue weighted by molar-refractivity contribution is 0.562. The van der Waals surface area contributed by atoms with Crippen molar-refractivity contribution >= 4 is 11.8 Å². The van der Waals surface area contributed by atoms with E-state index in [0.717, 1.165) is 17.0 Å². The van der Waals surface area contributed by atoms with Crippen LogP contribution in [-0.4, -0.2) is 11.3 Å². The summed E-state index contributed by atoms with van der Waals surface area (Å²) in [6.07, 6.45) is 0. The van der Waals surface area contributed by atoms with E-state index in [1.54, 1.807) is 23.9 Å². The van der Waals surface area contributed by atoms with Crippen LogP contribution < -0.4 is 5.32 Å². The van der Waals surface area contributed by atoms with Gasteiger partial charge in [-0.15, -0.1) is 11.8 Å². The van der Waals surface area contributed by atoms with Gasteiger partial charge in [0.15, 0.2) is 0 Å². The third-order valence-corrected chi connectivity index (χ3v) is 4.60. The number of rotatable bonds is 6. The van der Waals surface area contributed by atoms with Crippen LogP contribution in [0.4, 0.5) is 4.39 Å². The Morgan fingerprint density at radius 1 is 1.17 bits per heavy atom. The third-order valence-electron chi connectivity index (χ3n) is 2.99. The van der Waals surface area contributed by atoms with Gasteiger partial charge in [-0.25, -0.2) is 4.39 Å². The van der Waals surface area contributed by atoms with Gasteiger partial charge in [0.25, 0.3) is 0 Å². The summed E-state index contributed by atoms with van der Waals surface area (Å²) in [5.74, 6) is 0.441. The van der Waals surface area contributed by atoms with Gasteiger partial charge in [0.2, 0.25) is 0 Å². The first-order valence-electron chi connectivity index (χ1n) is 6.59. The highest BCUT2D eigenvalue weighted by Gasteiger charge is 2.15. The number of hydrogen-bond donors (Lipinski definition) is 1. The average molecular weight is 269 g/mol. The molecule has 18 heavy (non-hydrogen) atoms. The van der Waals surface area contributed by atoms with Crippen LogP contribution in [-0.2, 0) is 6.54 Å². The topological polar surface area (TPSA) is 12.0 Å². The van der Waals surface area contributed by atoms with E-state index in [1.807, 2.05) is 6.07 Å². The van der Waals surface area contributed by atoms with E-state index in [2.05, 4.69) is 39.9 Å². The van der Waals surface area contributed by atoms with E-state index >= 15 is 0 Å². The molecule has 0 heterocycles. The fraction of sp³-hybridized carbons (Fsp3) is 0.600. The van der Waals surface area contributed by atoms with Gasteiger partial charge in [-0.2, -0.15) is 0 Å². The molecule has 0 amide bonds. The Labute approximate surface area is 115 Å². The molecule has 3 heteroatoms. The van der Waals surface area contributed by atoms with Gasteiger partial charge in [0.05, 0.1) is 0 Å². The monoisotopic (exact) mass is 269 g/mol. The molecule has 0 radical (unpaired) electrons. The van der Waals surface area contributed by atoms with Crippen LogP contribution in [0.25, 0.3) is 0 Å². The van der Waals surface area contributed by atoms with Crippen molar-refractivity contribution in [2.24, 2.45) is 5.92 Å². The van der Waals surface area contributed by atoms with Crippen molar-refractivity contribution in [3.63, 3.8) is 0 Å². The summed E-state index contributed by atoms with van der Waals surface area (Å²) in [6.45, 7) is 11.4. The predicted octanol–water partition coefficient (Wildman–Crippen LogP) is 4.46. The van der Waals surface area contributed by atoms with Gasteiger partial charge in [-0.05, 0) is 17.5 Å². The van der Waals surface area contributed by atoms with Crippen molar-refractivity contribution in [3.8, 4) is 0 Å². The molecule has 1 atom stereocenters. The predicted molar refractivity (Wildman–Crippen MR) is 78.5 cm³/mol. The molecule has 0 aromatic heterocycles. The minimum atomic E-state index is -0.101. The second-order valence-electron chi connectivity index (χ2n) is 5.33. The lowest BCUT2D eigenvalue weighted by atomic mass is 10.1. The van der Waals surface area contributed by atoms with Crippen LogP contribution in [0.2, 0.25) is 0 Å². The second kappa shape index (κ2) is 7.15. The molecule has 1 aromatic rings. The molecule has 0 bridgehead atoms. The molecule has 1 rings (SSSR count). The number of thioether (sulfide) groups is 1. The summed E-state index contributed by atoms with van der Waals surface area (Å²) >= 11 is 1.64. The summed E-state index contributed by atoms with van der Waals surface area (Å²) < 4.78 is 13.9. The maximum Gasteiger partial charge on any atom is 0.137 e. The molecule has 0 aliphatic heterocycles. The fourth-order valence-electron chi connectivity index (χ4n) is 1.46. The van der Waals surface area contributed by atoms with Crippen LogP contribution in [0.15, 0.2) is 23.1 Å². The van der Waals surface area contributed by atoms with Gasteiger partial charge in [0, 0.05) is 22.7 Å². The highest BCUT2D eigenvalue weighted by molar-refractivity contribution is 8.00. The molecule has 0 spiro atoms. The first kappa shape index (κ1) is 15.5. The van der Waals surface area contributed by atoms with Gasteiger partial charge >= 0.3 is 0 Å². The quantitative estimate of drug-likeness (QED) is 0.765. The summed E-state index contributed by atoms with van der Waals surface area (Å²) in [4.78, 5) is 0.798. The summed E-state index contributed by atoms with van der Waals surface area (Å²) in [6, 6.07) is 5.76. The SMILES string of the molecule is CC(C)NCc1cccc(F)c1SC(C)C(C)C. The zero-order valence-electron chi connectivity index (χ0n) is 12.0. The van der Waals surface area contributed by atoms with Gasteiger partial charge in [-0.1, -0.05) is 46.8 Å². The van der Waals surface area contributed by atoms with Gasteiger partial charge in [0.1, 0.15) is 5.82 Å². The van der Waals surface area contributed by atoms with Gasteiger partial charge in [-0.3, -0.25) is 0 Å². The third kappa shape index (κ3) is 4.62. The Kier molecular flexibility index (Phi) is 6.16. The van der Waals surface area contributed by atoms with Crippen LogP contribution >= 0.6 is 11.8 Å².